The summed E-state index contributed by atoms with van der Waals surface area (Å²) in [5.41, 5.74) is 0.814. The molecule has 0 aliphatic heterocycles. The van der Waals surface area contributed by atoms with Crippen LogP contribution in [0, 0.1) is 0 Å². The van der Waals surface area contributed by atoms with E-state index in [1.54, 1.807) is 6.07 Å². The van der Waals surface area contributed by atoms with Gasteiger partial charge >= 0.3 is 51.4 Å². The summed E-state index contributed by atoms with van der Waals surface area (Å²) in [4.78, 5) is 0.348. The van der Waals surface area contributed by atoms with Crippen molar-refractivity contribution >= 4 is 31.7 Å². The van der Waals surface area contributed by atoms with Gasteiger partial charge in [0.2, 0.25) is 4.80 Å². The quantitative estimate of drug-likeness (QED) is 0.284. The summed E-state index contributed by atoms with van der Waals surface area (Å²) in [6.07, 6.45) is 0. The molecule has 9 heteroatoms. The number of rotatable bonds is 2. The van der Waals surface area contributed by atoms with Gasteiger partial charge in [0.25, 0.3) is 0 Å². The van der Waals surface area contributed by atoms with Gasteiger partial charge in [-0.15, -0.1) is 0 Å². The molecule has 0 radical (unpaired) electrons. The number of fused-ring (bicyclic) bond motifs is 1. The van der Waals surface area contributed by atoms with Gasteiger partial charge in [-0.1, -0.05) is 11.3 Å². The van der Waals surface area contributed by atoms with Gasteiger partial charge in [0.05, 0.1) is 15.1 Å². The van der Waals surface area contributed by atoms with E-state index >= 15 is 0 Å². The number of hydrogen-bond acceptors (Lipinski definition) is 6. The van der Waals surface area contributed by atoms with Gasteiger partial charge in [0, 0.05) is 6.54 Å². The molecule has 0 amide bonds. The van der Waals surface area contributed by atoms with E-state index in [0.29, 0.717) is 16.0 Å². The molecule has 0 atom stereocenters. The second kappa shape index (κ2) is 6.14. The summed E-state index contributed by atoms with van der Waals surface area (Å²) < 4.78 is 35.2. The second-order valence-corrected chi connectivity index (χ2v) is 5.73. The molecule has 1 heterocycles. The third kappa shape index (κ3) is 3.04. The Balaban J connectivity index is 0.00000162. The first-order valence-corrected chi connectivity index (χ1v) is 7.03. The van der Waals surface area contributed by atoms with E-state index in [0.717, 1.165) is 5.52 Å². The molecule has 0 aliphatic carbocycles. The molecular weight excluding hydrogens is 301 g/mol. The Labute approximate surface area is 151 Å². The van der Waals surface area contributed by atoms with Crippen molar-refractivity contribution in [3.05, 3.63) is 23.0 Å². The van der Waals surface area contributed by atoms with Crippen LogP contribution in [0.25, 0.3) is 10.2 Å². The zero-order chi connectivity index (χ0) is 12.6. The summed E-state index contributed by atoms with van der Waals surface area (Å²) in [5, 5.41) is 3.62. The largest absolute Gasteiger partial charge is 1.00 e. The van der Waals surface area contributed by atoms with Crippen molar-refractivity contribution in [2.45, 2.75) is 18.4 Å². The molecule has 0 unspecified atom stereocenters. The Morgan fingerprint density at radius 2 is 2.17 bits per heavy atom. The molecule has 0 spiro atoms. The van der Waals surface area contributed by atoms with Gasteiger partial charge in [-0.2, -0.15) is 5.10 Å². The molecule has 2 aromatic rings. The normalized spacial score (nSPS) is 12.7. The van der Waals surface area contributed by atoms with Crippen LogP contribution in [0.5, 0.6) is 0 Å². The van der Waals surface area contributed by atoms with Gasteiger partial charge in [0.15, 0.2) is 0 Å². The first-order valence-electron chi connectivity index (χ1n) is 4.80. The Morgan fingerprint density at radius 1 is 1.50 bits per heavy atom. The van der Waals surface area contributed by atoms with Crippen LogP contribution in [0.2, 0.25) is 0 Å². The maximum Gasteiger partial charge on any atom is 1.00 e. The number of benzene rings is 1. The van der Waals surface area contributed by atoms with Crippen LogP contribution in [-0.2, 0) is 16.7 Å². The third-order valence-electron chi connectivity index (χ3n) is 2.37. The zero-order valence-corrected chi connectivity index (χ0v) is 14.7. The summed E-state index contributed by atoms with van der Waals surface area (Å²) in [5.74, 6) is 5.25. The van der Waals surface area contributed by atoms with Crippen LogP contribution >= 0.6 is 11.3 Å². The first kappa shape index (κ1) is 16.3. The van der Waals surface area contributed by atoms with E-state index in [9.17, 15) is 13.0 Å². The van der Waals surface area contributed by atoms with Crippen LogP contribution in [0.1, 0.15) is 6.92 Å². The Hall–Kier alpha value is 0.256. The molecule has 0 saturated heterocycles. The fraction of sp³-hybridized carbons (Fsp3) is 0.222. The number of aryl methyl sites for hydroxylation is 1. The monoisotopic (exact) mass is 311 g/mol. The average molecular weight is 311 g/mol. The number of hydrogen-bond donors (Lipinski definition) is 1. The predicted octanol–water partition coefficient (Wildman–Crippen LogP) is -2.59. The Bertz CT molecular complexity index is 733. The van der Waals surface area contributed by atoms with E-state index in [4.69, 9.17) is 5.84 Å². The van der Waals surface area contributed by atoms with Crippen molar-refractivity contribution in [1.82, 2.24) is 4.57 Å². The fourth-order valence-corrected chi connectivity index (χ4v) is 3.24. The molecule has 92 valence electrons. The predicted molar refractivity (Wildman–Crippen MR) is 63.2 cm³/mol. The zero-order valence-electron chi connectivity index (χ0n) is 9.95. The van der Waals surface area contributed by atoms with Gasteiger partial charge in [-0.25, -0.2) is 8.42 Å². The van der Waals surface area contributed by atoms with Crippen molar-refractivity contribution in [2.24, 2.45) is 10.9 Å². The molecule has 18 heavy (non-hydrogen) atoms. The SMILES string of the molecule is CCn1/c(=N/N)sc2cc(S(=O)(=O)[O-])ccc21.[K+]. The van der Waals surface area contributed by atoms with E-state index in [1.165, 1.54) is 23.5 Å². The van der Waals surface area contributed by atoms with Crippen LogP contribution in [0.3, 0.4) is 0 Å². The van der Waals surface area contributed by atoms with Crippen molar-refractivity contribution in [3.8, 4) is 0 Å². The van der Waals surface area contributed by atoms with Crippen molar-refractivity contribution in [1.29, 1.82) is 0 Å². The summed E-state index contributed by atoms with van der Waals surface area (Å²) in [6.45, 7) is 2.60. The molecule has 1 aromatic heterocycles. The van der Waals surface area contributed by atoms with E-state index < -0.39 is 10.1 Å². The van der Waals surface area contributed by atoms with Crippen LogP contribution in [0.15, 0.2) is 28.2 Å². The first-order chi connectivity index (χ1) is 7.97. The van der Waals surface area contributed by atoms with Gasteiger partial charge < -0.3 is 15.0 Å². The third-order valence-corrected chi connectivity index (χ3v) is 4.26. The second-order valence-electron chi connectivity index (χ2n) is 3.34. The molecule has 0 aliphatic rings. The van der Waals surface area contributed by atoms with Gasteiger partial charge in [-0.3, -0.25) is 0 Å². The topological polar surface area (TPSA) is 101 Å². The molecule has 0 bridgehead atoms. The van der Waals surface area contributed by atoms with E-state index in [-0.39, 0.29) is 56.3 Å². The van der Waals surface area contributed by atoms with Crippen LogP contribution in [-0.4, -0.2) is 17.5 Å². The van der Waals surface area contributed by atoms with Gasteiger partial charge in [0.1, 0.15) is 10.1 Å². The van der Waals surface area contributed by atoms with Crippen molar-refractivity contribution < 1.29 is 64.4 Å². The molecular formula is C9H10KN3O3S2. The minimum atomic E-state index is -4.43. The molecule has 2 N–H and O–H groups in total. The number of aromatic nitrogens is 1. The Kier molecular flexibility index (Phi) is 5.56. The minimum Gasteiger partial charge on any atom is -0.744 e. The minimum absolute atomic E-state index is 0. The Morgan fingerprint density at radius 3 is 2.67 bits per heavy atom. The average Bonchev–Trinajstić information content (AvgIpc) is 2.64. The fourth-order valence-electron chi connectivity index (χ4n) is 1.61. The molecule has 0 saturated carbocycles. The number of nitrogens with two attached hydrogens (primary N) is 1. The van der Waals surface area contributed by atoms with E-state index in [2.05, 4.69) is 5.10 Å². The summed E-state index contributed by atoms with van der Waals surface area (Å²) >= 11 is 1.25. The van der Waals surface area contributed by atoms with E-state index in [1.807, 2.05) is 11.5 Å². The molecule has 1 aromatic carbocycles. The maximum absolute atomic E-state index is 10.9. The number of nitrogens with zero attached hydrogens (tertiary/aromatic N) is 2. The summed E-state index contributed by atoms with van der Waals surface area (Å²) in [6, 6.07) is 4.24. The number of thiazole rings is 1. The van der Waals surface area contributed by atoms with Crippen LogP contribution in [0.4, 0.5) is 0 Å². The molecule has 2 rings (SSSR count). The standard InChI is InChI=1S/C9H11N3O3S2.K/c1-2-12-7-4-3-6(17(13,14)15)5-8(7)16-9(12)11-10;/h3-5H,2,10H2,1H3,(H,13,14,15);/q;+1/p-1/b11-9-;. The van der Waals surface area contributed by atoms with Gasteiger partial charge in [-0.05, 0) is 25.1 Å². The smallest absolute Gasteiger partial charge is 0.744 e. The maximum atomic E-state index is 10.9. The molecule has 0 fully saturated rings. The van der Waals surface area contributed by atoms with Crippen molar-refractivity contribution in [3.63, 3.8) is 0 Å². The summed E-state index contributed by atoms with van der Waals surface area (Å²) in [7, 11) is -4.43. The van der Waals surface area contributed by atoms with Crippen LogP contribution < -0.4 is 62.0 Å². The molecule has 6 nitrogen and oxygen atoms in total. The van der Waals surface area contributed by atoms with Crippen molar-refractivity contribution in [2.75, 3.05) is 0 Å².